The summed E-state index contributed by atoms with van der Waals surface area (Å²) in [5.74, 6) is 6.54. The zero-order valence-electron chi connectivity index (χ0n) is 20.1. The molecule has 7 heteroatoms. The van der Waals surface area contributed by atoms with Crippen molar-refractivity contribution < 1.29 is 13.9 Å². The second-order valence-electron chi connectivity index (χ2n) is 9.39. The summed E-state index contributed by atoms with van der Waals surface area (Å²) >= 11 is 0. The number of alkyl halides is 1. The van der Waals surface area contributed by atoms with Crippen LogP contribution in [0.15, 0.2) is 42.7 Å². The summed E-state index contributed by atoms with van der Waals surface area (Å²) in [6.45, 7) is 5.65. The van der Waals surface area contributed by atoms with Gasteiger partial charge in [-0.05, 0) is 44.4 Å². The summed E-state index contributed by atoms with van der Waals surface area (Å²) in [5, 5.41) is 3.11. The summed E-state index contributed by atoms with van der Waals surface area (Å²) in [7, 11) is 0. The van der Waals surface area contributed by atoms with Crippen LogP contribution in [0.25, 0.3) is 0 Å². The molecule has 1 fully saturated rings. The summed E-state index contributed by atoms with van der Waals surface area (Å²) in [6, 6.07) is 11.1. The van der Waals surface area contributed by atoms with Gasteiger partial charge in [0, 0.05) is 42.5 Å². The number of pyridine rings is 1. The smallest absolute Gasteiger partial charge is 0.270 e. The van der Waals surface area contributed by atoms with Crippen LogP contribution in [-0.2, 0) is 17.7 Å². The van der Waals surface area contributed by atoms with Gasteiger partial charge >= 0.3 is 0 Å². The number of carbonyl (C=O) groups is 1. The zero-order chi connectivity index (χ0) is 24.4. The topological polar surface area (TPSA) is 69.0 Å². The average molecular weight is 473 g/mol. The number of rotatable bonds is 4. The molecule has 1 unspecified atom stereocenters. The van der Waals surface area contributed by atoms with Crippen molar-refractivity contribution in [2.75, 3.05) is 13.2 Å². The maximum Gasteiger partial charge on any atom is 0.270 e. The molecule has 0 spiro atoms. The van der Waals surface area contributed by atoms with Gasteiger partial charge in [-0.2, -0.15) is 0 Å². The average Bonchev–Trinajstić information content (AvgIpc) is 3.41. The highest BCUT2D eigenvalue weighted by Crippen LogP contribution is 2.29. The van der Waals surface area contributed by atoms with Crippen LogP contribution < -0.4 is 5.32 Å². The van der Waals surface area contributed by atoms with E-state index in [1.807, 2.05) is 48.7 Å². The minimum Gasteiger partial charge on any atom is -0.381 e. The van der Waals surface area contributed by atoms with Gasteiger partial charge in [-0.25, -0.2) is 14.4 Å². The summed E-state index contributed by atoms with van der Waals surface area (Å²) < 4.78 is 21.3. The fourth-order valence-electron chi connectivity index (χ4n) is 4.69. The van der Waals surface area contributed by atoms with E-state index in [1.165, 1.54) is 0 Å². The van der Waals surface area contributed by atoms with Crippen LogP contribution in [0.2, 0.25) is 0 Å². The number of aryl methyl sites for hydroxylation is 2. The number of nitrogens with one attached hydrogen (secondary N) is 1. The Balaban J connectivity index is 1.43. The molecule has 2 aliphatic heterocycles. The molecule has 3 aromatic rings. The molecule has 180 valence electrons. The molecule has 0 bridgehead atoms. The number of hydrogen-bond donors (Lipinski definition) is 1. The quantitative estimate of drug-likeness (QED) is 0.581. The first-order valence-electron chi connectivity index (χ1n) is 12.1. The maximum atomic E-state index is 14.1. The van der Waals surface area contributed by atoms with Gasteiger partial charge in [-0.1, -0.05) is 41.7 Å². The third kappa shape index (κ3) is 5.28. The molecule has 0 radical (unpaired) electrons. The van der Waals surface area contributed by atoms with Crippen LogP contribution in [0.3, 0.4) is 0 Å². The van der Waals surface area contributed by atoms with Crippen molar-refractivity contribution in [1.29, 1.82) is 0 Å². The van der Waals surface area contributed by atoms with E-state index < -0.39 is 12.2 Å². The number of amides is 1. The van der Waals surface area contributed by atoms with Crippen LogP contribution in [0.4, 0.5) is 4.39 Å². The minimum absolute atomic E-state index is 0.294. The van der Waals surface area contributed by atoms with Crippen molar-refractivity contribution in [2.24, 2.45) is 5.92 Å². The molecule has 1 amide bonds. The Hall–Kier alpha value is -3.50. The molecule has 1 aromatic carbocycles. The predicted molar refractivity (Wildman–Crippen MR) is 131 cm³/mol. The van der Waals surface area contributed by atoms with Gasteiger partial charge in [0.1, 0.15) is 11.9 Å². The molecule has 0 aliphatic carbocycles. The highest BCUT2D eigenvalue weighted by Gasteiger charge is 2.30. The van der Waals surface area contributed by atoms with Gasteiger partial charge < -0.3 is 14.6 Å². The Morgan fingerprint density at radius 1 is 1.20 bits per heavy atom. The lowest BCUT2D eigenvalue weighted by Crippen LogP contribution is -2.31. The van der Waals surface area contributed by atoms with Crippen LogP contribution >= 0.6 is 0 Å². The first kappa shape index (κ1) is 23.3. The number of aromatic nitrogens is 3. The van der Waals surface area contributed by atoms with E-state index in [1.54, 1.807) is 12.4 Å². The minimum atomic E-state index is -0.934. The molecule has 5 rings (SSSR count). The predicted octanol–water partition coefficient (Wildman–Crippen LogP) is 4.09. The van der Waals surface area contributed by atoms with E-state index in [0.29, 0.717) is 30.3 Å². The number of imidazole rings is 1. The zero-order valence-corrected chi connectivity index (χ0v) is 20.1. The van der Waals surface area contributed by atoms with Crippen molar-refractivity contribution in [2.45, 2.75) is 51.9 Å². The molecular formula is C28H29FN4O2. The van der Waals surface area contributed by atoms with Gasteiger partial charge in [0.2, 0.25) is 0 Å². The van der Waals surface area contributed by atoms with Gasteiger partial charge in [0.15, 0.2) is 0 Å². The Kier molecular flexibility index (Phi) is 6.65. The Labute approximate surface area is 204 Å². The van der Waals surface area contributed by atoms with Crippen molar-refractivity contribution in [1.82, 2.24) is 19.9 Å². The van der Waals surface area contributed by atoms with E-state index in [-0.39, 0.29) is 5.91 Å². The molecular weight excluding hydrogens is 443 g/mol. The molecule has 4 heterocycles. The SMILES string of the molecule is Cc1ccc(C(NC(=O)c2cc(C#CC3CCOCC3)cc(C)n2)c2ncn3c2C[C@@H](F)C3)cc1. The molecule has 2 aromatic heterocycles. The first-order chi connectivity index (χ1) is 17.0. The lowest BCUT2D eigenvalue weighted by molar-refractivity contribution is 0.0807. The van der Waals surface area contributed by atoms with Crippen LogP contribution in [0.1, 0.15) is 63.1 Å². The summed E-state index contributed by atoms with van der Waals surface area (Å²) in [5.41, 5.74) is 5.30. The number of hydrogen-bond acceptors (Lipinski definition) is 4. The van der Waals surface area contributed by atoms with Crippen molar-refractivity contribution in [3.05, 3.63) is 82.2 Å². The molecule has 1 N–H and O–H groups in total. The number of fused-ring (bicyclic) bond motifs is 1. The number of carbonyl (C=O) groups excluding carboxylic acids is 1. The third-order valence-corrected chi connectivity index (χ3v) is 6.58. The first-order valence-corrected chi connectivity index (χ1v) is 12.1. The third-order valence-electron chi connectivity index (χ3n) is 6.58. The van der Waals surface area contributed by atoms with Gasteiger partial charge in [-0.3, -0.25) is 4.79 Å². The largest absolute Gasteiger partial charge is 0.381 e. The van der Waals surface area contributed by atoms with Gasteiger partial charge in [-0.15, -0.1) is 0 Å². The lowest BCUT2D eigenvalue weighted by Gasteiger charge is -2.19. The Morgan fingerprint density at radius 2 is 1.97 bits per heavy atom. The van der Waals surface area contributed by atoms with Gasteiger partial charge in [0.25, 0.3) is 5.91 Å². The fraction of sp³-hybridized carbons (Fsp3) is 0.393. The van der Waals surface area contributed by atoms with Crippen molar-refractivity contribution in [3.8, 4) is 11.8 Å². The van der Waals surface area contributed by atoms with Crippen LogP contribution in [-0.4, -0.2) is 39.8 Å². The van der Waals surface area contributed by atoms with Gasteiger partial charge in [0.05, 0.1) is 24.6 Å². The molecule has 0 saturated carbocycles. The second-order valence-corrected chi connectivity index (χ2v) is 9.39. The maximum absolute atomic E-state index is 14.1. The highest BCUT2D eigenvalue weighted by molar-refractivity contribution is 5.93. The number of nitrogens with zero attached hydrogens (tertiary/aromatic N) is 3. The molecule has 6 nitrogen and oxygen atoms in total. The van der Waals surface area contributed by atoms with Crippen LogP contribution in [0.5, 0.6) is 0 Å². The van der Waals surface area contributed by atoms with Crippen molar-refractivity contribution in [3.63, 3.8) is 0 Å². The summed E-state index contributed by atoms with van der Waals surface area (Å²) in [6.07, 6.45) is 2.88. The Morgan fingerprint density at radius 3 is 2.74 bits per heavy atom. The molecule has 35 heavy (non-hydrogen) atoms. The molecule has 1 saturated heterocycles. The monoisotopic (exact) mass is 472 g/mol. The molecule has 2 atom stereocenters. The lowest BCUT2D eigenvalue weighted by atomic mass is 9.99. The van der Waals surface area contributed by atoms with E-state index in [9.17, 15) is 9.18 Å². The van der Waals surface area contributed by atoms with Crippen LogP contribution in [0, 0.1) is 31.6 Å². The van der Waals surface area contributed by atoms with E-state index >= 15 is 0 Å². The fourth-order valence-corrected chi connectivity index (χ4v) is 4.69. The number of ether oxygens (including phenoxy) is 1. The molecule has 2 aliphatic rings. The van der Waals surface area contributed by atoms with E-state index in [4.69, 9.17) is 4.74 Å². The van der Waals surface area contributed by atoms with E-state index in [2.05, 4.69) is 27.1 Å². The number of benzene rings is 1. The number of halogens is 1. The highest BCUT2D eigenvalue weighted by atomic mass is 19.1. The second kappa shape index (κ2) is 10.0. The summed E-state index contributed by atoms with van der Waals surface area (Å²) in [4.78, 5) is 22.5. The normalized spacial score (nSPS) is 18.4. The van der Waals surface area contributed by atoms with Crippen molar-refractivity contribution >= 4 is 5.91 Å². The Bertz CT molecular complexity index is 1280. The standard InChI is InChI=1S/C28H29FN4O2/c1-18-3-7-22(8-4-18)26(27-25-15-23(29)16-33(25)17-30-27)32-28(34)24-14-21(13-19(2)31-24)6-5-20-9-11-35-12-10-20/h3-4,7-8,13-14,17,20,23,26H,9-12,15-16H2,1-2H3,(H,32,34)/t23-,26?/m1/s1. The van der Waals surface area contributed by atoms with E-state index in [0.717, 1.165) is 54.1 Å².